The number of nitrogens with zero attached hydrogens (tertiary/aromatic N) is 3. The molecule has 0 unspecified atom stereocenters. The fourth-order valence-electron chi connectivity index (χ4n) is 2.70. The molecule has 0 radical (unpaired) electrons. The number of phenolic OH excluding ortho intramolecular Hbond substituents is 1. The van der Waals surface area contributed by atoms with E-state index in [2.05, 4.69) is 9.97 Å². The maximum atomic E-state index is 12.9. The molecule has 25 heavy (non-hydrogen) atoms. The van der Waals surface area contributed by atoms with Gasteiger partial charge in [0.2, 0.25) is 5.78 Å². The summed E-state index contributed by atoms with van der Waals surface area (Å²) in [5.41, 5.74) is 1.45. The lowest BCUT2D eigenvalue weighted by atomic mass is 10.1. The molecule has 7 heteroatoms. The van der Waals surface area contributed by atoms with Gasteiger partial charge in [-0.3, -0.25) is 4.79 Å². The SMILES string of the molecule is Cn1c(-c2cccs2)nc(C(=O)c2nccs2)c1-c1ccccc1O. The number of thiophene rings is 1. The Morgan fingerprint density at radius 3 is 2.64 bits per heavy atom. The summed E-state index contributed by atoms with van der Waals surface area (Å²) in [6.45, 7) is 0. The Balaban J connectivity index is 1.98. The van der Waals surface area contributed by atoms with Gasteiger partial charge in [-0.1, -0.05) is 18.2 Å². The molecule has 124 valence electrons. The van der Waals surface area contributed by atoms with Gasteiger partial charge in [-0.2, -0.15) is 0 Å². The van der Waals surface area contributed by atoms with Crippen LogP contribution in [0.5, 0.6) is 5.75 Å². The third-order valence-corrected chi connectivity index (χ3v) is 5.48. The highest BCUT2D eigenvalue weighted by molar-refractivity contribution is 7.13. The number of rotatable bonds is 4. The van der Waals surface area contributed by atoms with Crippen molar-refractivity contribution in [1.82, 2.24) is 14.5 Å². The predicted molar refractivity (Wildman–Crippen MR) is 99.2 cm³/mol. The second-order valence-electron chi connectivity index (χ2n) is 5.35. The summed E-state index contributed by atoms with van der Waals surface area (Å²) in [6.07, 6.45) is 1.60. The molecule has 1 N–H and O–H groups in total. The zero-order valence-corrected chi connectivity index (χ0v) is 14.8. The fourth-order valence-corrected chi connectivity index (χ4v) is 4.03. The van der Waals surface area contributed by atoms with E-state index in [0.717, 1.165) is 4.88 Å². The molecule has 5 nitrogen and oxygen atoms in total. The fraction of sp³-hybridized carbons (Fsp3) is 0.0556. The average Bonchev–Trinajstić information content (AvgIpc) is 3.36. The molecular formula is C18H13N3O2S2. The molecule has 0 spiro atoms. The molecule has 0 bridgehead atoms. The zero-order valence-electron chi connectivity index (χ0n) is 13.2. The van der Waals surface area contributed by atoms with E-state index in [4.69, 9.17) is 0 Å². The number of carbonyl (C=O) groups is 1. The van der Waals surface area contributed by atoms with Crippen molar-refractivity contribution in [3.05, 3.63) is 64.1 Å². The number of imidazole rings is 1. The van der Waals surface area contributed by atoms with Gasteiger partial charge in [-0.25, -0.2) is 9.97 Å². The first kappa shape index (κ1) is 15.7. The van der Waals surface area contributed by atoms with Gasteiger partial charge in [-0.05, 0) is 23.6 Å². The molecule has 4 rings (SSSR count). The lowest BCUT2D eigenvalue weighted by Crippen LogP contribution is -2.04. The smallest absolute Gasteiger partial charge is 0.242 e. The molecule has 0 amide bonds. The van der Waals surface area contributed by atoms with Gasteiger partial charge in [0.1, 0.15) is 11.4 Å². The van der Waals surface area contributed by atoms with Crippen molar-refractivity contribution in [2.24, 2.45) is 7.05 Å². The van der Waals surface area contributed by atoms with Crippen molar-refractivity contribution in [2.45, 2.75) is 0 Å². The molecule has 0 aliphatic carbocycles. The first-order valence-corrected chi connectivity index (χ1v) is 9.26. The van der Waals surface area contributed by atoms with Crippen molar-refractivity contribution in [1.29, 1.82) is 0 Å². The van der Waals surface area contributed by atoms with E-state index < -0.39 is 0 Å². The van der Waals surface area contributed by atoms with Crippen LogP contribution in [-0.4, -0.2) is 25.4 Å². The molecule has 0 fully saturated rings. The lowest BCUT2D eigenvalue weighted by molar-refractivity contribution is 0.103. The van der Waals surface area contributed by atoms with E-state index in [1.165, 1.54) is 11.3 Å². The molecule has 4 aromatic rings. The summed E-state index contributed by atoms with van der Waals surface area (Å²) in [5, 5.41) is 14.4. The van der Waals surface area contributed by atoms with Gasteiger partial charge in [0, 0.05) is 24.2 Å². The minimum Gasteiger partial charge on any atom is -0.507 e. The van der Waals surface area contributed by atoms with Gasteiger partial charge >= 0.3 is 0 Å². The number of thiazole rings is 1. The Morgan fingerprint density at radius 1 is 1.12 bits per heavy atom. The Bertz CT molecular complexity index is 1030. The van der Waals surface area contributed by atoms with Gasteiger partial charge in [0.15, 0.2) is 10.8 Å². The number of aromatic hydroxyl groups is 1. The van der Waals surface area contributed by atoms with Crippen LogP contribution in [0.15, 0.2) is 53.4 Å². The van der Waals surface area contributed by atoms with Crippen LogP contribution in [0.25, 0.3) is 22.0 Å². The van der Waals surface area contributed by atoms with Crippen LogP contribution >= 0.6 is 22.7 Å². The highest BCUT2D eigenvalue weighted by atomic mass is 32.1. The molecule has 0 saturated carbocycles. The molecule has 0 aliphatic heterocycles. The second kappa shape index (κ2) is 6.27. The maximum absolute atomic E-state index is 12.9. The Kier molecular flexibility index (Phi) is 3.95. The first-order chi connectivity index (χ1) is 12.2. The lowest BCUT2D eigenvalue weighted by Gasteiger charge is -2.08. The summed E-state index contributed by atoms with van der Waals surface area (Å²) in [6, 6.07) is 10.9. The quantitative estimate of drug-likeness (QED) is 0.549. The summed E-state index contributed by atoms with van der Waals surface area (Å²) in [4.78, 5) is 22.6. The van der Waals surface area contributed by atoms with Crippen molar-refractivity contribution in [3.63, 3.8) is 0 Å². The van der Waals surface area contributed by atoms with Crippen LogP contribution in [0.4, 0.5) is 0 Å². The molecule has 0 aliphatic rings. The monoisotopic (exact) mass is 367 g/mol. The predicted octanol–water partition coefficient (Wildman–Crippen LogP) is 4.21. The van der Waals surface area contributed by atoms with Crippen molar-refractivity contribution in [3.8, 4) is 27.7 Å². The number of aromatic nitrogens is 3. The minimum absolute atomic E-state index is 0.108. The number of carbonyl (C=O) groups excluding carboxylic acids is 1. The topological polar surface area (TPSA) is 68.0 Å². The van der Waals surface area contributed by atoms with Crippen LogP contribution in [0.3, 0.4) is 0 Å². The van der Waals surface area contributed by atoms with Crippen molar-refractivity contribution < 1.29 is 9.90 Å². The first-order valence-electron chi connectivity index (χ1n) is 7.50. The van der Waals surface area contributed by atoms with E-state index in [0.29, 0.717) is 27.8 Å². The molecule has 0 saturated heterocycles. The molecule has 3 aromatic heterocycles. The van der Waals surface area contributed by atoms with E-state index >= 15 is 0 Å². The van der Waals surface area contributed by atoms with E-state index in [1.807, 2.05) is 35.2 Å². The standard InChI is InChI=1S/C18H13N3O2S2/c1-21-15(11-5-2-3-6-12(11)22)14(16(23)18-19-8-10-25-18)20-17(21)13-7-4-9-24-13/h2-10,22H,1H3. The second-order valence-corrected chi connectivity index (χ2v) is 7.19. The molecule has 3 heterocycles. The highest BCUT2D eigenvalue weighted by Gasteiger charge is 2.26. The van der Waals surface area contributed by atoms with Crippen molar-refractivity contribution >= 4 is 28.5 Å². The van der Waals surface area contributed by atoms with Gasteiger partial charge in [0.05, 0.1) is 10.6 Å². The van der Waals surface area contributed by atoms with E-state index in [1.54, 1.807) is 41.1 Å². The van der Waals surface area contributed by atoms with E-state index in [9.17, 15) is 9.90 Å². The Hall–Kier alpha value is -2.77. The molecular weight excluding hydrogens is 354 g/mol. The average molecular weight is 367 g/mol. The van der Waals surface area contributed by atoms with Crippen LogP contribution in [-0.2, 0) is 7.05 Å². The summed E-state index contributed by atoms with van der Waals surface area (Å²) in [7, 11) is 1.85. The maximum Gasteiger partial charge on any atom is 0.242 e. The van der Waals surface area contributed by atoms with Crippen LogP contribution in [0, 0.1) is 0 Å². The number of hydrogen-bond donors (Lipinski definition) is 1. The van der Waals surface area contributed by atoms with Gasteiger partial charge < -0.3 is 9.67 Å². The van der Waals surface area contributed by atoms with Gasteiger partial charge in [0.25, 0.3) is 0 Å². The zero-order chi connectivity index (χ0) is 17.4. The number of hydrogen-bond acceptors (Lipinski definition) is 6. The third-order valence-electron chi connectivity index (χ3n) is 3.84. The number of benzene rings is 1. The largest absolute Gasteiger partial charge is 0.507 e. The van der Waals surface area contributed by atoms with E-state index in [-0.39, 0.29) is 11.5 Å². The van der Waals surface area contributed by atoms with Crippen LogP contribution in [0.2, 0.25) is 0 Å². The normalized spacial score (nSPS) is 10.9. The number of ketones is 1. The number of phenols is 1. The van der Waals surface area contributed by atoms with Crippen molar-refractivity contribution in [2.75, 3.05) is 0 Å². The van der Waals surface area contributed by atoms with Gasteiger partial charge in [-0.15, -0.1) is 22.7 Å². The summed E-state index contributed by atoms with van der Waals surface area (Å²) < 4.78 is 1.85. The van der Waals surface area contributed by atoms with Crippen LogP contribution in [0.1, 0.15) is 15.5 Å². The number of para-hydroxylation sites is 1. The molecule has 1 aromatic carbocycles. The summed E-state index contributed by atoms with van der Waals surface area (Å²) in [5.74, 6) is 0.552. The molecule has 0 atom stereocenters. The van der Waals surface area contributed by atoms with Crippen LogP contribution < -0.4 is 0 Å². The minimum atomic E-state index is -0.244. The summed E-state index contributed by atoms with van der Waals surface area (Å²) >= 11 is 2.83. The Morgan fingerprint density at radius 2 is 1.96 bits per heavy atom. The highest BCUT2D eigenvalue weighted by Crippen LogP contribution is 2.36. The third kappa shape index (κ3) is 2.67. The Labute approximate surface area is 151 Å².